The molecule has 0 spiro atoms. The minimum atomic E-state index is -3.30. The molecule has 1 N–H and O–H groups in total. The molecule has 158 valence electrons. The standard InChI is InChI=1S/C21H29N2O4PS/c1-4-26-28(24,27-5-2)17-23(15-14-18-10-7-6-8-11-18)21(29)22-19-12-9-13-20(16-19)25-3/h6-13,16H,4-5,14-15,17H2,1-3H3,(H,22,29). The summed E-state index contributed by atoms with van der Waals surface area (Å²) in [7, 11) is -1.68. The molecule has 29 heavy (non-hydrogen) atoms. The lowest BCUT2D eigenvalue weighted by Crippen LogP contribution is -2.37. The molecule has 0 aliphatic rings. The van der Waals surface area contributed by atoms with Crippen LogP contribution >= 0.6 is 19.8 Å². The van der Waals surface area contributed by atoms with Crippen LogP contribution in [0.25, 0.3) is 0 Å². The van der Waals surface area contributed by atoms with Gasteiger partial charge in [0.25, 0.3) is 0 Å². The normalized spacial score (nSPS) is 11.1. The van der Waals surface area contributed by atoms with E-state index in [4.69, 9.17) is 26.0 Å². The number of methoxy groups -OCH3 is 1. The van der Waals surface area contributed by atoms with Crippen LogP contribution in [0, 0.1) is 0 Å². The first-order valence-corrected chi connectivity index (χ1v) is 11.7. The van der Waals surface area contributed by atoms with Crippen molar-refractivity contribution in [1.82, 2.24) is 4.90 Å². The summed E-state index contributed by atoms with van der Waals surface area (Å²) in [4.78, 5) is 1.84. The molecule has 0 unspecified atom stereocenters. The molecule has 0 bridgehead atoms. The summed E-state index contributed by atoms with van der Waals surface area (Å²) in [6.45, 7) is 4.78. The fourth-order valence-electron chi connectivity index (χ4n) is 2.77. The average Bonchev–Trinajstić information content (AvgIpc) is 2.72. The Hall–Kier alpha value is -1.92. The molecule has 0 aliphatic heterocycles. The first kappa shape index (κ1) is 23.4. The van der Waals surface area contributed by atoms with E-state index in [1.807, 2.05) is 47.4 Å². The molecule has 6 nitrogen and oxygen atoms in total. The highest BCUT2D eigenvalue weighted by Gasteiger charge is 2.28. The highest BCUT2D eigenvalue weighted by atomic mass is 32.1. The van der Waals surface area contributed by atoms with E-state index in [2.05, 4.69) is 17.4 Å². The third-order valence-corrected chi connectivity index (χ3v) is 6.47. The van der Waals surface area contributed by atoms with Crippen LogP contribution in [0.3, 0.4) is 0 Å². The van der Waals surface area contributed by atoms with Gasteiger partial charge in [0, 0.05) is 18.3 Å². The Morgan fingerprint density at radius 3 is 2.38 bits per heavy atom. The van der Waals surface area contributed by atoms with Gasteiger partial charge in [-0.15, -0.1) is 0 Å². The Bertz CT molecular complexity index is 809. The summed E-state index contributed by atoms with van der Waals surface area (Å²) >= 11 is 5.63. The van der Waals surface area contributed by atoms with Crippen molar-refractivity contribution >= 4 is 30.6 Å². The van der Waals surface area contributed by atoms with Gasteiger partial charge < -0.3 is 24.0 Å². The number of benzene rings is 2. The number of ether oxygens (including phenoxy) is 1. The zero-order chi connectivity index (χ0) is 21.1. The van der Waals surface area contributed by atoms with Gasteiger partial charge >= 0.3 is 7.60 Å². The molecular formula is C21H29N2O4PS. The van der Waals surface area contributed by atoms with Gasteiger partial charge in [-0.25, -0.2) is 0 Å². The number of nitrogens with zero attached hydrogens (tertiary/aromatic N) is 1. The zero-order valence-corrected chi connectivity index (χ0v) is 18.9. The molecule has 0 saturated carbocycles. The molecule has 0 amide bonds. The Balaban J connectivity index is 2.17. The molecule has 0 aromatic heterocycles. The second-order valence-electron chi connectivity index (χ2n) is 6.25. The molecule has 8 heteroatoms. The minimum absolute atomic E-state index is 0.0807. The lowest BCUT2D eigenvalue weighted by atomic mass is 10.1. The van der Waals surface area contributed by atoms with E-state index in [1.54, 1.807) is 21.0 Å². The van der Waals surface area contributed by atoms with Gasteiger partial charge in [-0.2, -0.15) is 0 Å². The van der Waals surface area contributed by atoms with Crippen LogP contribution in [0.4, 0.5) is 5.69 Å². The van der Waals surface area contributed by atoms with Gasteiger partial charge in [0.1, 0.15) is 12.0 Å². The quantitative estimate of drug-likeness (QED) is 0.386. The van der Waals surface area contributed by atoms with E-state index in [0.717, 1.165) is 17.9 Å². The summed E-state index contributed by atoms with van der Waals surface area (Å²) in [5, 5.41) is 3.66. The van der Waals surface area contributed by atoms with Crippen LogP contribution in [0.15, 0.2) is 54.6 Å². The highest BCUT2D eigenvalue weighted by Crippen LogP contribution is 2.48. The van der Waals surface area contributed by atoms with Crippen molar-refractivity contribution < 1.29 is 18.3 Å². The first-order chi connectivity index (χ1) is 14.0. The van der Waals surface area contributed by atoms with Crippen LogP contribution in [0.5, 0.6) is 5.75 Å². The molecule has 0 radical (unpaired) electrons. The zero-order valence-electron chi connectivity index (χ0n) is 17.2. The largest absolute Gasteiger partial charge is 0.497 e. The van der Waals surface area contributed by atoms with E-state index < -0.39 is 7.60 Å². The van der Waals surface area contributed by atoms with Gasteiger partial charge in [0.15, 0.2) is 5.11 Å². The Kier molecular flexibility index (Phi) is 9.61. The molecule has 2 aromatic carbocycles. The maximum absolute atomic E-state index is 13.1. The summed E-state index contributed by atoms with van der Waals surface area (Å²) in [5.41, 5.74) is 1.96. The summed E-state index contributed by atoms with van der Waals surface area (Å²) in [6.07, 6.45) is 0.830. The van der Waals surface area contributed by atoms with Gasteiger partial charge in [-0.3, -0.25) is 4.57 Å². The predicted molar refractivity (Wildman–Crippen MR) is 122 cm³/mol. The molecule has 0 saturated heterocycles. The average molecular weight is 437 g/mol. The lowest BCUT2D eigenvalue weighted by molar-refractivity contribution is 0.210. The lowest BCUT2D eigenvalue weighted by Gasteiger charge is -2.29. The number of rotatable bonds is 11. The van der Waals surface area contributed by atoms with Crippen LogP contribution in [-0.2, 0) is 20.0 Å². The topological polar surface area (TPSA) is 60.0 Å². The van der Waals surface area contributed by atoms with Crippen molar-refractivity contribution in [3.05, 3.63) is 60.2 Å². The molecule has 0 atom stereocenters. The number of nitrogens with one attached hydrogen (secondary N) is 1. The maximum Gasteiger partial charge on any atom is 0.349 e. The van der Waals surface area contributed by atoms with Crippen molar-refractivity contribution in [2.75, 3.05) is 38.5 Å². The van der Waals surface area contributed by atoms with Gasteiger partial charge in [0.05, 0.1) is 20.3 Å². The number of anilines is 1. The third-order valence-electron chi connectivity index (χ3n) is 4.12. The van der Waals surface area contributed by atoms with E-state index >= 15 is 0 Å². The fourth-order valence-corrected chi connectivity index (χ4v) is 4.86. The van der Waals surface area contributed by atoms with E-state index in [1.165, 1.54) is 5.56 Å². The third kappa shape index (κ3) is 7.78. The van der Waals surface area contributed by atoms with E-state index in [0.29, 0.717) is 24.9 Å². The number of hydrogen-bond acceptors (Lipinski definition) is 5. The minimum Gasteiger partial charge on any atom is -0.497 e. The monoisotopic (exact) mass is 436 g/mol. The molecule has 2 aromatic rings. The van der Waals surface area contributed by atoms with Crippen LogP contribution in [-0.4, -0.2) is 43.2 Å². The molecular weight excluding hydrogens is 407 g/mol. The van der Waals surface area contributed by atoms with Crippen LogP contribution < -0.4 is 10.1 Å². The number of hydrogen-bond donors (Lipinski definition) is 1. The Morgan fingerprint density at radius 2 is 1.76 bits per heavy atom. The van der Waals surface area contributed by atoms with Crippen molar-refractivity contribution in [2.45, 2.75) is 20.3 Å². The highest BCUT2D eigenvalue weighted by molar-refractivity contribution is 7.80. The van der Waals surface area contributed by atoms with Crippen molar-refractivity contribution in [2.24, 2.45) is 0 Å². The predicted octanol–water partition coefficient (Wildman–Crippen LogP) is 5.16. The first-order valence-electron chi connectivity index (χ1n) is 9.61. The van der Waals surface area contributed by atoms with Crippen molar-refractivity contribution in [3.8, 4) is 5.75 Å². The van der Waals surface area contributed by atoms with Crippen molar-refractivity contribution in [3.63, 3.8) is 0 Å². The van der Waals surface area contributed by atoms with E-state index in [9.17, 15) is 4.57 Å². The number of thiocarbonyl (C=S) groups is 1. The van der Waals surface area contributed by atoms with Crippen molar-refractivity contribution in [1.29, 1.82) is 0 Å². The SMILES string of the molecule is CCOP(=O)(CN(CCc1ccccc1)C(=S)Nc1cccc(OC)c1)OCC. The smallest absolute Gasteiger partial charge is 0.349 e. The van der Waals surface area contributed by atoms with E-state index in [-0.39, 0.29) is 6.29 Å². The van der Waals surface area contributed by atoms with Crippen LogP contribution in [0.2, 0.25) is 0 Å². The summed E-state index contributed by atoms with van der Waals surface area (Å²) < 4.78 is 29.3. The fraction of sp³-hybridized carbons (Fsp3) is 0.381. The van der Waals surface area contributed by atoms with Gasteiger partial charge in [-0.05, 0) is 50.2 Å². The van der Waals surface area contributed by atoms with Crippen LogP contribution in [0.1, 0.15) is 19.4 Å². The second kappa shape index (κ2) is 11.9. The summed E-state index contributed by atoms with van der Waals surface area (Å²) in [6, 6.07) is 17.6. The second-order valence-corrected chi connectivity index (χ2v) is 8.66. The molecule has 2 rings (SSSR count). The maximum atomic E-state index is 13.1. The Labute approximate surface area is 178 Å². The molecule has 0 aliphatic carbocycles. The van der Waals surface area contributed by atoms with Gasteiger partial charge in [-0.1, -0.05) is 36.4 Å². The molecule has 0 heterocycles. The Morgan fingerprint density at radius 1 is 1.07 bits per heavy atom. The van der Waals surface area contributed by atoms with Gasteiger partial charge in [0.2, 0.25) is 0 Å². The summed E-state index contributed by atoms with van der Waals surface area (Å²) in [5.74, 6) is 0.725. The molecule has 0 fully saturated rings.